The normalized spacial score (nSPS) is 11.1. The molecule has 1 amide bonds. The van der Waals surface area contributed by atoms with Gasteiger partial charge in [-0.25, -0.2) is 9.48 Å². The van der Waals surface area contributed by atoms with Gasteiger partial charge in [0.05, 0.1) is 17.4 Å². The Hall–Kier alpha value is -2.63. The summed E-state index contributed by atoms with van der Waals surface area (Å²) in [5.41, 5.74) is -0.196. The number of para-hydroxylation sites is 1. The van der Waals surface area contributed by atoms with Crippen LogP contribution >= 0.6 is 0 Å². The maximum absolute atomic E-state index is 12.0. The van der Waals surface area contributed by atoms with Crippen LogP contribution in [0.2, 0.25) is 0 Å². The number of carboxylic acid groups (broad SMARTS) is 1. The Kier molecular flexibility index (Phi) is 3.56. The highest BCUT2D eigenvalue weighted by Crippen LogP contribution is 2.09. The van der Waals surface area contributed by atoms with E-state index in [9.17, 15) is 9.59 Å². The Bertz CT molecular complexity index is 632. The summed E-state index contributed by atoms with van der Waals surface area (Å²) in [4.78, 5) is 23.0. The summed E-state index contributed by atoms with van der Waals surface area (Å²) in [7, 11) is 0. The Morgan fingerprint density at radius 1 is 1.25 bits per heavy atom. The van der Waals surface area contributed by atoms with Gasteiger partial charge in [0.1, 0.15) is 5.54 Å². The molecule has 0 bridgehead atoms. The fourth-order valence-electron chi connectivity index (χ4n) is 1.57. The molecule has 0 atom stereocenters. The van der Waals surface area contributed by atoms with Gasteiger partial charge in [0.2, 0.25) is 0 Å². The molecule has 0 unspecified atom stereocenters. The summed E-state index contributed by atoms with van der Waals surface area (Å²) in [5, 5.41) is 15.5. The monoisotopic (exact) mass is 273 g/mol. The molecular formula is C14H15N3O3. The number of benzene rings is 1. The van der Waals surface area contributed by atoms with Crippen molar-refractivity contribution in [3.8, 4) is 5.69 Å². The maximum atomic E-state index is 12.0. The van der Waals surface area contributed by atoms with Crippen molar-refractivity contribution in [3.05, 3.63) is 48.3 Å². The molecule has 0 saturated carbocycles. The lowest BCUT2D eigenvalue weighted by Crippen LogP contribution is -2.49. The molecular weight excluding hydrogens is 258 g/mol. The topological polar surface area (TPSA) is 84.2 Å². The Morgan fingerprint density at radius 2 is 1.90 bits per heavy atom. The van der Waals surface area contributed by atoms with Crippen molar-refractivity contribution in [3.63, 3.8) is 0 Å². The number of nitrogens with zero attached hydrogens (tertiary/aromatic N) is 2. The summed E-state index contributed by atoms with van der Waals surface area (Å²) in [5.74, 6) is -1.57. The molecule has 104 valence electrons. The highest BCUT2D eigenvalue weighted by atomic mass is 16.4. The van der Waals surface area contributed by atoms with Crippen LogP contribution in [0.4, 0.5) is 0 Å². The lowest BCUT2D eigenvalue weighted by molar-refractivity contribution is -0.143. The first-order valence-electron chi connectivity index (χ1n) is 6.06. The van der Waals surface area contributed by atoms with Gasteiger partial charge in [-0.1, -0.05) is 18.2 Å². The first-order valence-corrected chi connectivity index (χ1v) is 6.06. The van der Waals surface area contributed by atoms with Gasteiger partial charge >= 0.3 is 5.97 Å². The molecule has 0 saturated heterocycles. The zero-order chi connectivity index (χ0) is 14.8. The second-order valence-electron chi connectivity index (χ2n) is 4.89. The number of carbonyl (C=O) groups excluding carboxylic acids is 1. The molecule has 6 heteroatoms. The Morgan fingerprint density at radius 3 is 2.50 bits per heavy atom. The van der Waals surface area contributed by atoms with Crippen LogP contribution < -0.4 is 5.32 Å². The standard InChI is InChI=1S/C14H15N3O3/c1-14(2,13(19)20)16-12(18)10-8-15-17(9-10)11-6-4-3-5-7-11/h3-9H,1-2H3,(H,16,18)(H,19,20). The van der Waals surface area contributed by atoms with Gasteiger partial charge in [0, 0.05) is 6.20 Å². The third kappa shape index (κ3) is 2.85. The molecule has 1 aromatic carbocycles. The van der Waals surface area contributed by atoms with Gasteiger partial charge in [0.15, 0.2) is 0 Å². The van der Waals surface area contributed by atoms with Crippen molar-refractivity contribution in [2.45, 2.75) is 19.4 Å². The molecule has 0 radical (unpaired) electrons. The van der Waals surface area contributed by atoms with E-state index in [1.54, 1.807) is 10.9 Å². The molecule has 1 aromatic heterocycles. The van der Waals surface area contributed by atoms with Crippen LogP contribution in [-0.2, 0) is 4.79 Å². The second kappa shape index (κ2) is 5.16. The lowest BCUT2D eigenvalue weighted by Gasteiger charge is -2.20. The summed E-state index contributed by atoms with van der Waals surface area (Å²) in [6.45, 7) is 2.85. The highest BCUT2D eigenvalue weighted by Gasteiger charge is 2.29. The fourth-order valence-corrected chi connectivity index (χ4v) is 1.57. The molecule has 2 rings (SSSR count). The number of nitrogens with one attached hydrogen (secondary N) is 1. The first-order chi connectivity index (χ1) is 9.40. The zero-order valence-corrected chi connectivity index (χ0v) is 11.2. The number of hydrogen-bond donors (Lipinski definition) is 2. The van der Waals surface area contributed by atoms with Crippen LogP contribution in [0.25, 0.3) is 5.69 Å². The Balaban J connectivity index is 2.17. The largest absolute Gasteiger partial charge is 0.480 e. The van der Waals surface area contributed by atoms with Gasteiger partial charge in [0.25, 0.3) is 5.91 Å². The van der Waals surface area contributed by atoms with Crippen LogP contribution in [0.15, 0.2) is 42.7 Å². The molecule has 2 aromatic rings. The van der Waals surface area contributed by atoms with Gasteiger partial charge in [-0.05, 0) is 26.0 Å². The minimum Gasteiger partial charge on any atom is -0.480 e. The average molecular weight is 273 g/mol. The number of aliphatic carboxylic acids is 1. The molecule has 0 aliphatic carbocycles. The number of carbonyl (C=O) groups is 2. The molecule has 0 aliphatic heterocycles. The maximum Gasteiger partial charge on any atom is 0.328 e. The van der Waals surface area contributed by atoms with E-state index >= 15 is 0 Å². The van der Waals surface area contributed by atoms with Crippen molar-refractivity contribution in [2.24, 2.45) is 0 Å². The highest BCUT2D eigenvalue weighted by molar-refractivity contribution is 5.97. The van der Waals surface area contributed by atoms with Crippen LogP contribution in [0.3, 0.4) is 0 Å². The minimum atomic E-state index is -1.33. The van der Waals surface area contributed by atoms with Crippen LogP contribution in [0.5, 0.6) is 0 Å². The van der Waals surface area contributed by atoms with E-state index in [2.05, 4.69) is 10.4 Å². The zero-order valence-electron chi connectivity index (χ0n) is 11.2. The molecule has 2 N–H and O–H groups in total. The van der Waals surface area contributed by atoms with Crippen molar-refractivity contribution < 1.29 is 14.7 Å². The number of aromatic nitrogens is 2. The van der Waals surface area contributed by atoms with Crippen molar-refractivity contribution in [1.82, 2.24) is 15.1 Å². The fraction of sp³-hybridized carbons (Fsp3) is 0.214. The van der Waals surface area contributed by atoms with E-state index in [1.165, 1.54) is 20.0 Å². The summed E-state index contributed by atoms with van der Waals surface area (Å²) >= 11 is 0. The summed E-state index contributed by atoms with van der Waals surface area (Å²) in [6, 6.07) is 9.33. The third-order valence-electron chi connectivity index (χ3n) is 2.83. The van der Waals surface area contributed by atoms with E-state index in [-0.39, 0.29) is 0 Å². The van der Waals surface area contributed by atoms with Crippen LogP contribution in [0, 0.1) is 0 Å². The number of carboxylic acids is 1. The Labute approximate surface area is 116 Å². The van der Waals surface area contributed by atoms with Gasteiger partial charge in [-0.15, -0.1) is 0 Å². The van der Waals surface area contributed by atoms with E-state index in [4.69, 9.17) is 5.11 Å². The second-order valence-corrected chi connectivity index (χ2v) is 4.89. The molecule has 0 fully saturated rings. The lowest BCUT2D eigenvalue weighted by atomic mass is 10.1. The molecule has 0 spiro atoms. The van der Waals surface area contributed by atoms with Crippen LogP contribution in [0.1, 0.15) is 24.2 Å². The van der Waals surface area contributed by atoms with Crippen molar-refractivity contribution in [1.29, 1.82) is 0 Å². The summed E-state index contributed by atoms with van der Waals surface area (Å²) in [6.07, 6.45) is 2.96. The number of rotatable bonds is 4. The van der Waals surface area contributed by atoms with E-state index < -0.39 is 17.4 Å². The van der Waals surface area contributed by atoms with E-state index in [0.29, 0.717) is 5.56 Å². The smallest absolute Gasteiger partial charge is 0.328 e. The minimum absolute atomic E-state index is 0.308. The van der Waals surface area contributed by atoms with E-state index in [1.807, 2.05) is 30.3 Å². The number of amides is 1. The summed E-state index contributed by atoms with van der Waals surface area (Å²) < 4.78 is 1.56. The predicted molar refractivity (Wildman–Crippen MR) is 72.7 cm³/mol. The third-order valence-corrected chi connectivity index (χ3v) is 2.83. The van der Waals surface area contributed by atoms with E-state index in [0.717, 1.165) is 5.69 Å². The molecule has 0 aliphatic rings. The van der Waals surface area contributed by atoms with Crippen molar-refractivity contribution >= 4 is 11.9 Å². The van der Waals surface area contributed by atoms with Crippen LogP contribution in [-0.4, -0.2) is 32.3 Å². The molecule has 6 nitrogen and oxygen atoms in total. The average Bonchev–Trinajstić information content (AvgIpc) is 2.88. The van der Waals surface area contributed by atoms with Gasteiger partial charge < -0.3 is 10.4 Å². The SMILES string of the molecule is CC(C)(NC(=O)c1cnn(-c2ccccc2)c1)C(=O)O. The van der Waals surface area contributed by atoms with Crippen molar-refractivity contribution in [2.75, 3.05) is 0 Å². The number of hydrogen-bond acceptors (Lipinski definition) is 3. The molecule has 20 heavy (non-hydrogen) atoms. The first kappa shape index (κ1) is 13.8. The van der Waals surface area contributed by atoms with Gasteiger partial charge in [-0.2, -0.15) is 5.10 Å². The predicted octanol–water partition coefficient (Wildman–Crippen LogP) is 1.47. The molecule has 1 heterocycles. The quantitative estimate of drug-likeness (QED) is 0.883. The van der Waals surface area contributed by atoms with Gasteiger partial charge in [-0.3, -0.25) is 4.79 Å².